The molecule has 0 saturated carbocycles. The summed E-state index contributed by atoms with van der Waals surface area (Å²) in [6.45, 7) is 11.3. The van der Waals surface area contributed by atoms with Crippen LogP contribution in [-0.2, 0) is 0 Å². The largest absolute Gasteiger partial charge is 0.316 e. The van der Waals surface area contributed by atoms with E-state index in [1.165, 1.54) is 90.5 Å². The van der Waals surface area contributed by atoms with Crippen molar-refractivity contribution in [1.29, 1.82) is 0 Å². The molecule has 0 spiro atoms. The zero-order valence-electron chi connectivity index (χ0n) is 16.9. The highest BCUT2D eigenvalue weighted by atomic mass is 14.9. The van der Waals surface area contributed by atoms with E-state index in [4.69, 9.17) is 0 Å². The van der Waals surface area contributed by atoms with Crippen LogP contribution in [0.25, 0.3) is 0 Å². The minimum absolute atomic E-state index is 0.801. The van der Waals surface area contributed by atoms with Crippen molar-refractivity contribution in [2.45, 2.75) is 77.7 Å². The number of rotatable bonds is 9. The van der Waals surface area contributed by atoms with Crippen molar-refractivity contribution in [3.63, 3.8) is 0 Å². The molecule has 3 aliphatic rings. The Bertz CT molecular complexity index is 354. The molecule has 3 aliphatic heterocycles. The molecule has 146 valence electrons. The predicted octanol–water partition coefficient (Wildman–Crippen LogP) is 3.80. The van der Waals surface area contributed by atoms with E-state index in [0.29, 0.717) is 0 Å². The van der Waals surface area contributed by atoms with Crippen molar-refractivity contribution in [3.05, 3.63) is 0 Å². The summed E-state index contributed by atoms with van der Waals surface area (Å²) < 4.78 is 0. The van der Waals surface area contributed by atoms with Crippen LogP contribution < -0.4 is 16.0 Å². The molecule has 3 heteroatoms. The van der Waals surface area contributed by atoms with Gasteiger partial charge in [-0.15, -0.1) is 0 Å². The van der Waals surface area contributed by atoms with E-state index in [0.717, 1.165) is 35.6 Å². The molecule has 0 aliphatic carbocycles. The fraction of sp³-hybridized carbons (Fsp3) is 1.00. The average molecular weight is 350 g/mol. The lowest BCUT2D eigenvalue weighted by atomic mass is 9.77. The Hall–Kier alpha value is -0.120. The Morgan fingerprint density at radius 1 is 0.720 bits per heavy atom. The highest BCUT2D eigenvalue weighted by molar-refractivity contribution is 4.84. The van der Waals surface area contributed by atoms with Crippen LogP contribution in [0.5, 0.6) is 0 Å². The van der Waals surface area contributed by atoms with Gasteiger partial charge in [-0.1, -0.05) is 20.3 Å². The zero-order chi connectivity index (χ0) is 17.5. The Balaban J connectivity index is 1.45. The van der Waals surface area contributed by atoms with E-state index in [2.05, 4.69) is 29.8 Å². The van der Waals surface area contributed by atoms with Gasteiger partial charge < -0.3 is 16.0 Å². The van der Waals surface area contributed by atoms with Crippen LogP contribution in [0.3, 0.4) is 0 Å². The summed E-state index contributed by atoms with van der Waals surface area (Å²) in [6.07, 6.45) is 12.9. The van der Waals surface area contributed by atoms with Crippen molar-refractivity contribution < 1.29 is 0 Å². The third-order valence-corrected chi connectivity index (χ3v) is 7.68. The van der Waals surface area contributed by atoms with Gasteiger partial charge >= 0.3 is 0 Å². The van der Waals surface area contributed by atoms with Crippen molar-refractivity contribution in [2.24, 2.45) is 29.6 Å². The minimum atomic E-state index is 0.801. The topological polar surface area (TPSA) is 36.1 Å². The maximum absolute atomic E-state index is 3.72. The van der Waals surface area contributed by atoms with Crippen molar-refractivity contribution in [1.82, 2.24) is 16.0 Å². The third kappa shape index (κ3) is 5.94. The first kappa shape index (κ1) is 19.6. The number of hydrogen-bond acceptors (Lipinski definition) is 3. The second-order valence-corrected chi connectivity index (χ2v) is 9.43. The molecule has 0 aromatic heterocycles. The van der Waals surface area contributed by atoms with Gasteiger partial charge in [0.25, 0.3) is 0 Å². The third-order valence-electron chi connectivity index (χ3n) is 7.68. The predicted molar refractivity (Wildman–Crippen MR) is 108 cm³/mol. The number of hydrogen-bond donors (Lipinski definition) is 3. The Morgan fingerprint density at radius 2 is 1.44 bits per heavy atom. The highest BCUT2D eigenvalue weighted by Gasteiger charge is 2.28. The Morgan fingerprint density at radius 3 is 2.08 bits per heavy atom. The minimum Gasteiger partial charge on any atom is -0.316 e. The van der Waals surface area contributed by atoms with Crippen LogP contribution in [-0.4, -0.2) is 38.8 Å². The quantitative estimate of drug-likeness (QED) is 0.592. The van der Waals surface area contributed by atoms with Crippen LogP contribution in [0, 0.1) is 29.6 Å². The summed E-state index contributed by atoms with van der Waals surface area (Å²) in [5.41, 5.74) is 0. The molecule has 3 saturated heterocycles. The smallest absolute Gasteiger partial charge is 0.00931 e. The van der Waals surface area contributed by atoms with Crippen molar-refractivity contribution in [3.8, 4) is 0 Å². The summed E-state index contributed by atoms with van der Waals surface area (Å²) in [4.78, 5) is 0. The molecular formula is C22H43N3. The maximum atomic E-state index is 3.72. The number of nitrogens with one attached hydrogen (secondary N) is 3. The number of piperidine rings is 1. The summed E-state index contributed by atoms with van der Waals surface area (Å²) in [5, 5.41) is 11.0. The van der Waals surface area contributed by atoms with E-state index in [1.54, 1.807) is 0 Å². The van der Waals surface area contributed by atoms with Gasteiger partial charge in [0.2, 0.25) is 0 Å². The van der Waals surface area contributed by atoms with Crippen LogP contribution >= 0.6 is 0 Å². The first-order valence-electron chi connectivity index (χ1n) is 11.4. The molecule has 3 heterocycles. The van der Waals surface area contributed by atoms with Crippen LogP contribution in [0.15, 0.2) is 0 Å². The second kappa shape index (κ2) is 10.3. The first-order valence-corrected chi connectivity index (χ1v) is 11.4. The van der Waals surface area contributed by atoms with Crippen LogP contribution in [0.2, 0.25) is 0 Å². The molecule has 6 atom stereocenters. The van der Waals surface area contributed by atoms with Gasteiger partial charge in [0.05, 0.1) is 0 Å². The molecule has 3 fully saturated rings. The van der Waals surface area contributed by atoms with E-state index in [9.17, 15) is 0 Å². The monoisotopic (exact) mass is 349 g/mol. The average Bonchev–Trinajstić information content (AvgIpc) is 3.36. The van der Waals surface area contributed by atoms with Crippen LogP contribution in [0.1, 0.15) is 71.6 Å². The Labute approximate surface area is 156 Å². The van der Waals surface area contributed by atoms with E-state index in [1.807, 2.05) is 0 Å². The fourth-order valence-corrected chi connectivity index (χ4v) is 5.65. The lowest BCUT2D eigenvalue weighted by Crippen LogP contribution is -2.33. The molecule has 3 nitrogen and oxygen atoms in total. The maximum Gasteiger partial charge on any atom is 0.00931 e. The summed E-state index contributed by atoms with van der Waals surface area (Å²) >= 11 is 0. The molecule has 3 N–H and O–H groups in total. The lowest BCUT2D eigenvalue weighted by Gasteiger charge is -2.31. The molecule has 0 aromatic carbocycles. The van der Waals surface area contributed by atoms with Gasteiger partial charge in [-0.3, -0.25) is 0 Å². The fourth-order valence-electron chi connectivity index (χ4n) is 5.65. The lowest BCUT2D eigenvalue weighted by molar-refractivity contribution is 0.219. The van der Waals surface area contributed by atoms with E-state index in [-0.39, 0.29) is 0 Å². The van der Waals surface area contributed by atoms with E-state index >= 15 is 0 Å². The standard InChI is InChI=1S/C22H43N3/c1-17(20-5-3-12-23-15-20)7-9-19(21-11-14-24-16-21)10-8-18(2)22-6-4-13-25-22/h17-25H,3-16H2,1-2H3. The molecule has 6 unspecified atom stereocenters. The van der Waals surface area contributed by atoms with Gasteiger partial charge in [0, 0.05) is 6.04 Å². The van der Waals surface area contributed by atoms with Crippen molar-refractivity contribution >= 4 is 0 Å². The van der Waals surface area contributed by atoms with Gasteiger partial charge in [0.15, 0.2) is 0 Å². The Kier molecular flexibility index (Phi) is 8.07. The molecule has 25 heavy (non-hydrogen) atoms. The summed E-state index contributed by atoms with van der Waals surface area (Å²) in [7, 11) is 0. The van der Waals surface area contributed by atoms with Crippen LogP contribution in [0.4, 0.5) is 0 Å². The molecule has 3 rings (SSSR count). The molecule has 0 radical (unpaired) electrons. The SMILES string of the molecule is CC(CCC(CCC(C)C1CCCN1)C1CCNC1)C1CCCNC1. The molecular weight excluding hydrogens is 306 g/mol. The summed E-state index contributed by atoms with van der Waals surface area (Å²) in [6, 6.07) is 0.801. The molecule has 0 amide bonds. The normalized spacial score (nSPS) is 34.1. The highest BCUT2D eigenvalue weighted by Crippen LogP contribution is 2.33. The zero-order valence-corrected chi connectivity index (χ0v) is 16.9. The van der Waals surface area contributed by atoms with Gasteiger partial charge in [0.1, 0.15) is 0 Å². The summed E-state index contributed by atoms with van der Waals surface area (Å²) in [5.74, 6) is 4.59. The van der Waals surface area contributed by atoms with Gasteiger partial charge in [-0.25, -0.2) is 0 Å². The molecule has 0 bridgehead atoms. The van der Waals surface area contributed by atoms with Crippen molar-refractivity contribution in [2.75, 3.05) is 32.7 Å². The van der Waals surface area contributed by atoms with E-state index < -0.39 is 0 Å². The molecule has 0 aromatic rings. The second-order valence-electron chi connectivity index (χ2n) is 9.43. The first-order chi connectivity index (χ1) is 12.2. The van der Waals surface area contributed by atoms with Gasteiger partial charge in [-0.05, 0) is 114 Å². The van der Waals surface area contributed by atoms with Gasteiger partial charge in [-0.2, -0.15) is 0 Å².